The Morgan fingerprint density at radius 1 is 1.40 bits per heavy atom. The highest BCUT2D eigenvalue weighted by molar-refractivity contribution is 5.85. The molecule has 0 radical (unpaired) electrons. The summed E-state index contributed by atoms with van der Waals surface area (Å²) in [5.41, 5.74) is 5.35. The Morgan fingerprint density at radius 3 is 2.40 bits per heavy atom. The van der Waals surface area contributed by atoms with Gasteiger partial charge in [0.15, 0.2) is 0 Å². The van der Waals surface area contributed by atoms with Crippen molar-refractivity contribution in [1.82, 2.24) is 0 Å². The highest BCUT2D eigenvalue weighted by Crippen LogP contribution is 2.19. The van der Waals surface area contributed by atoms with E-state index in [1.807, 2.05) is 0 Å². The number of alkyl halides is 1. The van der Waals surface area contributed by atoms with Crippen LogP contribution in [0.2, 0.25) is 0 Å². The second kappa shape index (κ2) is 4.11. The molecule has 1 aliphatic carbocycles. The van der Waals surface area contributed by atoms with Gasteiger partial charge in [0.2, 0.25) is 0 Å². The van der Waals surface area contributed by atoms with Crippen LogP contribution in [0.25, 0.3) is 0 Å². The molecular formula is C6H13ClFNO. The molecule has 2 nitrogen and oxygen atoms in total. The van der Waals surface area contributed by atoms with Crippen LogP contribution in [0.3, 0.4) is 0 Å². The minimum absolute atomic E-state index is 0. The van der Waals surface area contributed by atoms with Crippen molar-refractivity contribution in [2.24, 2.45) is 5.73 Å². The third-order valence-corrected chi connectivity index (χ3v) is 1.80. The number of nitrogens with two attached hydrogens (primary N) is 1. The molecule has 0 bridgehead atoms. The summed E-state index contributed by atoms with van der Waals surface area (Å²) in [4.78, 5) is 0. The van der Waals surface area contributed by atoms with E-state index in [-0.39, 0.29) is 24.9 Å². The average Bonchev–Trinajstić information content (AvgIpc) is 1.80. The molecule has 4 heteroatoms. The second-order valence-corrected chi connectivity index (χ2v) is 2.65. The molecule has 0 aromatic rings. The molecule has 1 saturated carbocycles. The van der Waals surface area contributed by atoms with Crippen LogP contribution in [0.4, 0.5) is 4.39 Å². The molecule has 0 aromatic carbocycles. The third-order valence-electron chi connectivity index (χ3n) is 1.80. The van der Waals surface area contributed by atoms with Crippen LogP contribution < -0.4 is 5.73 Å². The molecule has 3 atom stereocenters. The van der Waals surface area contributed by atoms with E-state index < -0.39 is 12.3 Å². The van der Waals surface area contributed by atoms with Crippen molar-refractivity contribution >= 4 is 12.4 Å². The van der Waals surface area contributed by atoms with Gasteiger partial charge in [-0.05, 0) is 12.8 Å². The van der Waals surface area contributed by atoms with Gasteiger partial charge < -0.3 is 10.8 Å². The van der Waals surface area contributed by atoms with E-state index in [4.69, 9.17) is 10.8 Å². The minimum Gasteiger partial charge on any atom is -0.393 e. The summed E-state index contributed by atoms with van der Waals surface area (Å²) in [6.45, 7) is 0. The van der Waals surface area contributed by atoms with E-state index in [9.17, 15) is 4.39 Å². The number of hydrogen-bond acceptors (Lipinski definition) is 2. The fourth-order valence-corrected chi connectivity index (χ4v) is 1.12. The highest BCUT2D eigenvalue weighted by Gasteiger charge is 2.26. The Labute approximate surface area is 66.0 Å². The quantitative estimate of drug-likeness (QED) is 0.559. The maximum Gasteiger partial charge on any atom is 0.118 e. The molecule has 62 valence electrons. The maximum absolute atomic E-state index is 12.5. The van der Waals surface area contributed by atoms with Gasteiger partial charge in [0.1, 0.15) is 6.17 Å². The Kier molecular flexibility index (Phi) is 4.17. The molecule has 1 rings (SSSR count). The van der Waals surface area contributed by atoms with Gasteiger partial charge >= 0.3 is 0 Å². The van der Waals surface area contributed by atoms with Gasteiger partial charge in [0.05, 0.1) is 6.10 Å². The van der Waals surface area contributed by atoms with Crippen LogP contribution in [0.5, 0.6) is 0 Å². The summed E-state index contributed by atoms with van der Waals surface area (Å²) in [6, 6.07) is -0.339. The van der Waals surface area contributed by atoms with Gasteiger partial charge in [0.25, 0.3) is 0 Å². The zero-order chi connectivity index (χ0) is 6.85. The topological polar surface area (TPSA) is 46.2 Å². The van der Waals surface area contributed by atoms with E-state index in [1.54, 1.807) is 0 Å². The number of aliphatic hydroxyl groups is 1. The van der Waals surface area contributed by atoms with E-state index in [0.29, 0.717) is 12.8 Å². The van der Waals surface area contributed by atoms with Crippen molar-refractivity contribution in [3.8, 4) is 0 Å². The lowest BCUT2D eigenvalue weighted by Gasteiger charge is -2.25. The Balaban J connectivity index is 0.000000810. The second-order valence-electron chi connectivity index (χ2n) is 2.65. The van der Waals surface area contributed by atoms with Gasteiger partial charge in [-0.1, -0.05) is 0 Å². The number of halogens is 2. The molecule has 3 N–H and O–H groups in total. The molecule has 0 aliphatic heterocycles. The molecule has 10 heavy (non-hydrogen) atoms. The van der Waals surface area contributed by atoms with Crippen LogP contribution in [-0.2, 0) is 0 Å². The summed E-state index contributed by atoms with van der Waals surface area (Å²) >= 11 is 0. The van der Waals surface area contributed by atoms with Gasteiger partial charge in [0, 0.05) is 12.5 Å². The van der Waals surface area contributed by atoms with Crippen molar-refractivity contribution in [2.45, 2.75) is 37.6 Å². The Hall–Kier alpha value is 0.140. The zero-order valence-corrected chi connectivity index (χ0v) is 6.48. The minimum atomic E-state index is -0.992. The number of rotatable bonds is 0. The predicted molar refractivity (Wildman–Crippen MR) is 40.0 cm³/mol. The first kappa shape index (κ1) is 10.1. The van der Waals surface area contributed by atoms with Crippen molar-refractivity contribution in [3.05, 3.63) is 0 Å². The molecular weight excluding hydrogens is 157 g/mol. The first-order valence-electron chi connectivity index (χ1n) is 3.28. The SMILES string of the molecule is Cl.N[C@@H]1CC[C@H](O)C[C@@H]1F. The molecule has 0 saturated heterocycles. The third kappa shape index (κ3) is 2.40. The normalized spacial score (nSPS) is 40.5. The number of hydrogen-bond donors (Lipinski definition) is 2. The fourth-order valence-electron chi connectivity index (χ4n) is 1.12. The lowest BCUT2D eigenvalue weighted by atomic mass is 9.92. The highest BCUT2D eigenvalue weighted by atomic mass is 35.5. The largest absolute Gasteiger partial charge is 0.393 e. The molecule has 0 heterocycles. The average molecular weight is 170 g/mol. The van der Waals surface area contributed by atoms with Crippen LogP contribution in [0, 0.1) is 0 Å². The lowest BCUT2D eigenvalue weighted by Crippen LogP contribution is -2.39. The standard InChI is InChI=1S/C6H12FNO.ClH/c7-5-3-4(9)1-2-6(5)8;/h4-6,9H,1-3,8H2;1H/t4-,5-,6+;/m0./s1. The first-order valence-corrected chi connectivity index (χ1v) is 3.28. The molecule has 0 amide bonds. The summed E-state index contributed by atoms with van der Waals surface area (Å²) in [6.07, 6.45) is 0.0407. The van der Waals surface area contributed by atoms with E-state index >= 15 is 0 Å². The number of aliphatic hydroxyl groups excluding tert-OH is 1. The lowest BCUT2D eigenvalue weighted by molar-refractivity contribution is 0.0721. The van der Waals surface area contributed by atoms with Crippen molar-refractivity contribution in [3.63, 3.8) is 0 Å². The van der Waals surface area contributed by atoms with Crippen LogP contribution in [0.15, 0.2) is 0 Å². The van der Waals surface area contributed by atoms with Crippen LogP contribution in [-0.4, -0.2) is 23.4 Å². The van der Waals surface area contributed by atoms with E-state index in [1.165, 1.54) is 0 Å². The maximum atomic E-state index is 12.5. The monoisotopic (exact) mass is 169 g/mol. The molecule has 1 aliphatic rings. The molecule has 1 fully saturated rings. The van der Waals surface area contributed by atoms with E-state index in [0.717, 1.165) is 0 Å². The molecule has 0 unspecified atom stereocenters. The summed E-state index contributed by atoms with van der Waals surface area (Å²) in [7, 11) is 0. The first-order chi connectivity index (χ1) is 4.20. The zero-order valence-electron chi connectivity index (χ0n) is 5.66. The summed E-state index contributed by atoms with van der Waals surface area (Å²) in [5.74, 6) is 0. The van der Waals surface area contributed by atoms with Gasteiger partial charge in [-0.15, -0.1) is 12.4 Å². The van der Waals surface area contributed by atoms with E-state index in [2.05, 4.69) is 0 Å². The smallest absolute Gasteiger partial charge is 0.118 e. The van der Waals surface area contributed by atoms with Crippen molar-refractivity contribution in [1.29, 1.82) is 0 Å². The van der Waals surface area contributed by atoms with Crippen LogP contribution >= 0.6 is 12.4 Å². The summed E-state index contributed by atoms with van der Waals surface area (Å²) in [5, 5.41) is 8.90. The van der Waals surface area contributed by atoms with Crippen molar-refractivity contribution in [2.75, 3.05) is 0 Å². The predicted octanol–water partition coefficient (Wildman–Crippen LogP) is 0.618. The van der Waals surface area contributed by atoms with Gasteiger partial charge in [-0.3, -0.25) is 0 Å². The Morgan fingerprint density at radius 2 is 2.00 bits per heavy atom. The molecule has 0 aromatic heterocycles. The Bertz CT molecular complexity index is 104. The van der Waals surface area contributed by atoms with Gasteiger partial charge in [-0.25, -0.2) is 4.39 Å². The summed E-state index contributed by atoms with van der Waals surface area (Å²) < 4.78 is 12.5. The van der Waals surface area contributed by atoms with Crippen LogP contribution in [0.1, 0.15) is 19.3 Å². The van der Waals surface area contributed by atoms with Gasteiger partial charge in [-0.2, -0.15) is 0 Å². The molecule has 0 spiro atoms. The van der Waals surface area contributed by atoms with Crippen molar-refractivity contribution < 1.29 is 9.50 Å². The fraction of sp³-hybridized carbons (Fsp3) is 1.00.